The van der Waals surface area contributed by atoms with Gasteiger partial charge in [0.05, 0.1) is 18.8 Å². The van der Waals surface area contributed by atoms with Crippen LogP contribution in [0.5, 0.6) is 0 Å². The number of carboxylic acid groups (broad SMARTS) is 1. The zero-order valence-electron chi connectivity index (χ0n) is 20.2. The van der Waals surface area contributed by atoms with Crippen LogP contribution in [0.1, 0.15) is 31.4 Å². The standard InChI is InChI=1S/C20H33N3O4S.C2HF3O2/c1-15(2)19(14-23-10-9-18(24)13-23)22(3)20(25)11-16-5-7-17(8-6-16)12-21-28(4,26)27;3-2(4,5)1(6)7/h5-8,15,18-19,21,24H,9-14H2,1-4H3;(H,6,7)/t18-,19+;/m0./s1. The predicted molar refractivity (Wildman–Crippen MR) is 124 cm³/mol. The summed E-state index contributed by atoms with van der Waals surface area (Å²) in [4.78, 5) is 25.8. The first kappa shape index (κ1) is 30.8. The summed E-state index contributed by atoms with van der Waals surface area (Å²) in [5.74, 6) is -2.39. The van der Waals surface area contributed by atoms with Crippen molar-refractivity contribution < 1.29 is 41.4 Å². The fourth-order valence-corrected chi connectivity index (χ4v) is 3.93. The van der Waals surface area contributed by atoms with Crippen LogP contribution < -0.4 is 4.72 Å². The number of carbonyl (C=O) groups is 2. The lowest BCUT2D eigenvalue weighted by molar-refractivity contribution is -0.192. The van der Waals surface area contributed by atoms with Crippen molar-refractivity contribution in [2.75, 3.05) is 32.9 Å². The highest BCUT2D eigenvalue weighted by molar-refractivity contribution is 7.88. The van der Waals surface area contributed by atoms with Gasteiger partial charge in [-0.05, 0) is 23.5 Å². The Bertz CT molecular complexity index is 939. The van der Waals surface area contributed by atoms with Crippen molar-refractivity contribution in [1.29, 1.82) is 0 Å². The van der Waals surface area contributed by atoms with Gasteiger partial charge in [-0.3, -0.25) is 9.69 Å². The molecule has 0 saturated carbocycles. The second-order valence-corrected chi connectivity index (χ2v) is 10.7. The van der Waals surface area contributed by atoms with E-state index in [0.29, 0.717) is 18.9 Å². The number of halogens is 3. The molecule has 2 atom stereocenters. The maximum atomic E-state index is 12.8. The third kappa shape index (κ3) is 11.8. The average Bonchev–Trinajstić information content (AvgIpc) is 3.14. The van der Waals surface area contributed by atoms with E-state index in [-0.39, 0.29) is 24.6 Å². The third-order valence-corrected chi connectivity index (χ3v) is 6.18. The summed E-state index contributed by atoms with van der Waals surface area (Å²) in [6, 6.07) is 7.51. The first-order valence-electron chi connectivity index (χ1n) is 11.0. The van der Waals surface area contributed by atoms with Gasteiger partial charge in [-0.2, -0.15) is 13.2 Å². The smallest absolute Gasteiger partial charge is 0.475 e. The van der Waals surface area contributed by atoms with Crippen LogP contribution in [-0.2, 0) is 32.6 Å². The molecule has 9 nitrogen and oxygen atoms in total. The zero-order valence-corrected chi connectivity index (χ0v) is 21.1. The molecule has 0 aromatic heterocycles. The number of carboxylic acids is 1. The number of hydrogen-bond donors (Lipinski definition) is 3. The highest BCUT2D eigenvalue weighted by atomic mass is 32.2. The molecule has 35 heavy (non-hydrogen) atoms. The summed E-state index contributed by atoms with van der Waals surface area (Å²) in [6.07, 6.45) is -3.11. The van der Waals surface area contributed by atoms with Gasteiger partial charge in [0.2, 0.25) is 15.9 Å². The molecule has 200 valence electrons. The van der Waals surface area contributed by atoms with Crippen molar-refractivity contribution >= 4 is 21.9 Å². The predicted octanol–water partition coefficient (Wildman–Crippen LogP) is 1.46. The molecule has 0 unspecified atom stereocenters. The second-order valence-electron chi connectivity index (χ2n) is 8.91. The Morgan fingerprint density at radius 3 is 2.11 bits per heavy atom. The Morgan fingerprint density at radius 1 is 1.20 bits per heavy atom. The number of likely N-dealkylation sites (N-methyl/N-ethyl adjacent to an activating group) is 1. The van der Waals surface area contributed by atoms with Crippen LogP contribution in [0.3, 0.4) is 0 Å². The van der Waals surface area contributed by atoms with E-state index in [1.807, 2.05) is 36.2 Å². The minimum atomic E-state index is -5.08. The van der Waals surface area contributed by atoms with E-state index in [2.05, 4.69) is 23.5 Å². The lowest BCUT2D eigenvalue weighted by Gasteiger charge is -2.34. The summed E-state index contributed by atoms with van der Waals surface area (Å²) < 4.78 is 56.5. The van der Waals surface area contributed by atoms with Gasteiger partial charge in [0.25, 0.3) is 0 Å². The number of hydrogen-bond acceptors (Lipinski definition) is 6. The largest absolute Gasteiger partial charge is 0.490 e. The van der Waals surface area contributed by atoms with Gasteiger partial charge in [0.1, 0.15) is 0 Å². The lowest BCUT2D eigenvalue weighted by Crippen LogP contribution is -2.48. The second kappa shape index (κ2) is 13.2. The van der Waals surface area contributed by atoms with E-state index >= 15 is 0 Å². The number of benzene rings is 1. The minimum absolute atomic E-state index is 0.0560. The van der Waals surface area contributed by atoms with Gasteiger partial charge in [0.15, 0.2) is 0 Å². The molecular weight excluding hydrogens is 491 g/mol. The van der Waals surface area contributed by atoms with Gasteiger partial charge in [-0.1, -0.05) is 38.1 Å². The van der Waals surface area contributed by atoms with Crippen molar-refractivity contribution in [3.05, 3.63) is 35.4 Å². The molecule has 1 aliphatic heterocycles. The SMILES string of the molecule is CC(C)[C@@H](CN1CC[C@H](O)C1)N(C)C(=O)Cc1ccc(CNS(C)(=O)=O)cc1.O=C(O)C(F)(F)F. The fraction of sp³-hybridized carbons (Fsp3) is 0.636. The maximum Gasteiger partial charge on any atom is 0.490 e. The number of carbonyl (C=O) groups excluding carboxylic acids is 1. The van der Waals surface area contributed by atoms with Crippen molar-refractivity contribution in [2.45, 2.75) is 51.6 Å². The molecule has 0 spiro atoms. The number of aliphatic carboxylic acids is 1. The number of nitrogens with one attached hydrogen (secondary N) is 1. The number of β-amino-alcohol motifs (C(OH)–C–C–N with tert-alkyl or cyclic N) is 1. The molecule has 0 bridgehead atoms. The maximum absolute atomic E-state index is 12.8. The third-order valence-electron chi connectivity index (χ3n) is 5.51. The number of aliphatic hydroxyl groups is 1. The van der Waals surface area contributed by atoms with E-state index in [4.69, 9.17) is 9.90 Å². The van der Waals surface area contributed by atoms with Gasteiger partial charge >= 0.3 is 12.1 Å². The number of nitrogens with zero attached hydrogens (tertiary/aromatic N) is 2. The van der Waals surface area contributed by atoms with Crippen LogP contribution in [0, 0.1) is 5.92 Å². The summed E-state index contributed by atoms with van der Waals surface area (Å²) in [5, 5.41) is 16.9. The quantitative estimate of drug-likeness (QED) is 0.446. The number of rotatable bonds is 9. The topological polar surface area (TPSA) is 127 Å². The lowest BCUT2D eigenvalue weighted by atomic mass is 10.0. The normalized spacial score (nSPS) is 17.6. The molecule has 1 heterocycles. The van der Waals surface area contributed by atoms with E-state index in [0.717, 1.165) is 36.9 Å². The monoisotopic (exact) mass is 525 g/mol. The van der Waals surface area contributed by atoms with Crippen LogP contribution in [0.25, 0.3) is 0 Å². The van der Waals surface area contributed by atoms with Crippen LogP contribution in [0.4, 0.5) is 13.2 Å². The van der Waals surface area contributed by atoms with E-state index in [1.165, 1.54) is 0 Å². The van der Waals surface area contributed by atoms with E-state index in [1.54, 1.807) is 0 Å². The molecule has 0 radical (unpaired) electrons. The number of aliphatic hydroxyl groups excluding tert-OH is 1. The number of likely N-dealkylation sites (tertiary alicyclic amines) is 1. The Kier molecular flexibility index (Phi) is 11.6. The summed E-state index contributed by atoms with van der Waals surface area (Å²) in [6.45, 7) is 6.79. The highest BCUT2D eigenvalue weighted by Crippen LogP contribution is 2.17. The van der Waals surface area contributed by atoms with E-state index in [9.17, 15) is 31.5 Å². The van der Waals surface area contributed by atoms with Gasteiger partial charge < -0.3 is 15.1 Å². The highest BCUT2D eigenvalue weighted by Gasteiger charge is 2.38. The molecule has 0 aliphatic carbocycles. The minimum Gasteiger partial charge on any atom is -0.475 e. The average molecular weight is 526 g/mol. The van der Waals surface area contributed by atoms with E-state index < -0.39 is 22.2 Å². The van der Waals surface area contributed by atoms with Crippen molar-refractivity contribution in [3.63, 3.8) is 0 Å². The Labute approximate surface area is 204 Å². The summed E-state index contributed by atoms with van der Waals surface area (Å²) in [7, 11) is -1.37. The van der Waals surface area contributed by atoms with Crippen LogP contribution >= 0.6 is 0 Å². The molecule has 3 N–H and O–H groups in total. The molecule has 2 rings (SSSR count). The first-order valence-corrected chi connectivity index (χ1v) is 12.9. The van der Waals surface area contributed by atoms with Gasteiger partial charge in [0, 0.05) is 39.3 Å². The zero-order chi connectivity index (χ0) is 27.0. The van der Waals surface area contributed by atoms with Gasteiger partial charge in [-0.15, -0.1) is 0 Å². The van der Waals surface area contributed by atoms with Crippen molar-refractivity contribution in [1.82, 2.24) is 14.5 Å². The fourth-order valence-electron chi connectivity index (χ4n) is 3.50. The molecule has 1 fully saturated rings. The molecule has 1 aliphatic rings. The summed E-state index contributed by atoms with van der Waals surface area (Å²) >= 11 is 0. The Morgan fingerprint density at radius 2 is 1.71 bits per heavy atom. The number of sulfonamides is 1. The number of amides is 1. The summed E-state index contributed by atoms with van der Waals surface area (Å²) in [5.41, 5.74) is 1.75. The first-order chi connectivity index (χ1) is 16.0. The number of alkyl halides is 3. The van der Waals surface area contributed by atoms with Crippen LogP contribution in [0.15, 0.2) is 24.3 Å². The molecule has 1 aromatic rings. The molecule has 1 aromatic carbocycles. The van der Waals surface area contributed by atoms with Crippen LogP contribution in [0.2, 0.25) is 0 Å². The van der Waals surface area contributed by atoms with Gasteiger partial charge in [-0.25, -0.2) is 17.9 Å². The molecule has 1 saturated heterocycles. The van der Waals surface area contributed by atoms with Crippen molar-refractivity contribution in [2.24, 2.45) is 5.92 Å². The Hall–Kier alpha value is -2.22. The van der Waals surface area contributed by atoms with Crippen molar-refractivity contribution in [3.8, 4) is 0 Å². The van der Waals surface area contributed by atoms with Crippen LogP contribution in [-0.4, -0.2) is 91.6 Å². The Balaban J connectivity index is 0.000000762. The molecule has 13 heteroatoms. The molecular formula is C22H34F3N3O6S. The molecule has 1 amide bonds.